The molecule has 6 nitrogen and oxygen atoms in total. The number of nitrogens with zero attached hydrogens (tertiary/aromatic N) is 1. The summed E-state index contributed by atoms with van der Waals surface area (Å²) in [5, 5.41) is 12.6. The topological polar surface area (TPSA) is 89.6 Å². The van der Waals surface area contributed by atoms with E-state index in [0.29, 0.717) is 17.0 Å². The van der Waals surface area contributed by atoms with Gasteiger partial charge in [-0.3, -0.25) is 9.59 Å². The van der Waals surface area contributed by atoms with Crippen LogP contribution in [0.1, 0.15) is 28.2 Å². The summed E-state index contributed by atoms with van der Waals surface area (Å²) in [7, 11) is 1.49. The molecule has 0 aliphatic heterocycles. The van der Waals surface area contributed by atoms with Crippen molar-refractivity contribution in [2.24, 2.45) is 5.92 Å². The van der Waals surface area contributed by atoms with Gasteiger partial charge in [0, 0.05) is 20.0 Å². The second-order valence-electron chi connectivity index (χ2n) is 3.73. The number of hydrogen-bond donors (Lipinski definition) is 1. The van der Waals surface area contributed by atoms with Crippen molar-refractivity contribution < 1.29 is 24.0 Å². The second-order valence-corrected chi connectivity index (χ2v) is 3.73. The lowest BCUT2D eigenvalue weighted by Gasteiger charge is -2.15. The van der Waals surface area contributed by atoms with Crippen molar-refractivity contribution in [2.75, 3.05) is 7.11 Å². The van der Waals surface area contributed by atoms with Gasteiger partial charge in [-0.25, -0.2) is 0 Å². The minimum absolute atomic E-state index is 0.000259. The number of carbonyl (C=O) groups excluding carboxylic acids is 1. The van der Waals surface area contributed by atoms with Crippen molar-refractivity contribution in [1.82, 2.24) is 5.16 Å². The highest BCUT2D eigenvalue weighted by molar-refractivity contribution is 6.01. The average molecular weight is 225 g/mol. The van der Waals surface area contributed by atoms with Gasteiger partial charge in [-0.1, -0.05) is 5.16 Å². The lowest BCUT2D eigenvalue weighted by Crippen LogP contribution is -2.26. The van der Waals surface area contributed by atoms with Gasteiger partial charge in [0.25, 0.3) is 0 Å². The van der Waals surface area contributed by atoms with Gasteiger partial charge in [0.05, 0.1) is 18.1 Å². The predicted octanol–water partition coefficient (Wildman–Crippen LogP) is 0.651. The largest absolute Gasteiger partial charge is 0.481 e. The van der Waals surface area contributed by atoms with E-state index in [2.05, 4.69) is 5.16 Å². The molecule has 0 amide bonds. The number of carboxylic acid groups (broad SMARTS) is 1. The monoisotopic (exact) mass is 225 g/mol. The standard InChI is InChI=1S/C10H11NO5/c1-15-4-6-9-7(12)2-5(10(13)14)3-8(9)16-11-6/h5H,2-4H2,1H3,(H,13,14). The van der Waals surface area contributed by atoms with E-state index >= 15 is 0 Å². The SMILES string of the molecule is COCc1noc2c1C(=O)CC(C(=O)O)C2. The minimum atomic E-state index is -0.983. The maximum Gasteiger partial charge on any atom is 0.307 e. The zero-order valence-electron chi connectivity index (χ0n) is 8.73. The van der Waals surface area contributed by atoms with E-state index in [-0.39, 0.29) is 25.2 Å². The number of fused-ring (bicyclic) bond motifs is 1. The molecule has 1 unspecified atom stereocenters. The first-order valence-corrected chi connectivity index (χ1v) is 4.85. The average Bonchev–Trinajstić information content (AvgIpc) is 2.62. The zero-order chi connectivity index (χ0) is 11.7. The number of Topliss-reactive ketones (excluding diaryl/α,β-unsaturated/α-hetero) is 1. The molecular formula is C10H11NO5. The molecule has 1 aromatic rings. The number of aliphatic carboxylic acids is 1. The molecule has 1 aliphatic carbocycles. The molecule has 1 N–H and O–H groups in total. The third-order valence-corrected chi connectivity index (χ3v) is 2.61. The molecule has 0 radical (unpaired) electrons. The Balaban J connectivity index is 2.32. The van der Waals surface area contributed by atoms with Crippen LogP contribution in [0.3, 0.4) is 0 Å². The van der Waals surface area contributed by atoms with Crippen molar-refractivity contribution in [1.29, 1.82) is 0 Å². The first kappa shape index (κ1) is 10.8. The van der Waals surface area contributed by atoms with Crippen LogP contribution in [-0.4, -0.2) is 29.1 Å². The van der Waals surface area contributed by atoms with Crippen LogP contribution >= 0.6 is 0 Å². The van der Waals surface area contributed by atoms with Gasteiger partial charge in [-0.2, -0.15) is 0 Å². The Labute approximate surface area is 91.2 Å². The van der Waals surface area contributed by atoms with Gasteiger partial charge in [0.1, 0.15) is 11.5 Å². The van der Waals surface area contributed by atoms with Crippen LogP contribution in [0.5, 0.6) is 0 Å². The van der Waals surface area contributed by atoms with Gasteiger partial charge in [-0.05, 0) is 0 Å². The third-order valence-electron chi connectivity index (χ3n) is 2.61. The summed E-state index contributed by atoms with van der Waals surface area (Å²) in [6, 6.07) is 0. The van der Waals surface area contributed by atoms with Gasteiger partial charge in [0.15, 0.2) is 5.78 Å². The summed E-state index contributed by atoms with van der Waals surface area (Å²) in [5.41, 5.74) is 0.852. The fraction of sp³-hybridized carbons (Fsp3) is 0.500. The highest BCUT2D eigenvalue weighted by Gasteiger charge is 2.35. The number of carboxylic acids is 1. The van der Waals surface area contributed by atoms with Crippen LogP contribution in [0.4, 0.5) is 0 Å². The first-order chi connectivity index (χ1) is 7.63. The molecule has 0 bridgehead atoms. The van der Waals surface area contributed by atoms with Crippen molar-refractivity contribution in [3.05, 3.63) is 17.0 Å². The van der Waals surface area contributed by atoms with E-state index in [1.165, 1.54) is 7.11 Å². The van der Waals surface area contributed by atoms with Crippen LogP contribution in [0, 0.1) is 5.92 Å². The molecule has 16 heavy (non-hydrogen) atoms. The Morgan fingerprint density at radius 2 is 2.38 bits per heavy atom. The predicted molar refractivity (Wildman–Crippen MR) is 51.0 cm³/mol. The summed E-state index contributed by atoms with van der Waals surface area (Å²) >= 11 is 0. The van der Waals surface area contributed by atoms with E-state index in [4.69, 9.17) is 14.4 Å². The molecule has 1 heterocycles. The van der Waals surface area contributed by atoms with Crippen molar-refractivity contribution >= 4 is 11.8 Å². The van der Waals surface area contributed by atoms with Crippen molar-refractivity contribution in [3.8, 4) is 0 Å². The zero-order valence-corrected chi connectivity index (χ0v) is 8.73. The number of ether oxygens (including phenoxy) is 1. The van der Waals surface area contributed by atoms with E-state index in [1.807, 2.05) is 0 Å². The number of ketones is 1. The fourth-order valence-electron chi connectivity index (χ4n) is 1.85. The molecule has 1 atom stereocenters. The van der Waals surface area contributed by atoms with E-state index in [0.717, 1.165) is 0 Å². The van der Waals surface area contributed by atoms with Crippen LogP contribution in [0.25, 0.3) is 0 Å². The van der Waals surface area contributed by atoms with E-state index in [1.54, 1.807) is 0 Å². The Morgan fingerprint density at radius 3 is 3.00 bits per heavy atom. The number of hydrogen-bond acceptors (Lipinski definition) is 5. The normalized spacial score (nSPS) is 19.6. The highest BCUT2D eigenvalue weighted by Crippen LogP contribution is 2.28. The van der Waals surface area contributed by atoms with Crippen LogP contribution in [-0.2, 0) is 22.6 Å². The Morgan fingerprint density at radius 1 is 1.62 bits per heavy atom. The molecule has 0 spiro atoms. The van der Waals surface area contributed by atoms with Gasteiger partial charge in [0.2, 0.25) is 0 Å². The van der Waals surface area contributed by atoms with Crippen LogP contribution < -0.4 is 0 Å². The number of methoxy groups -OCH3 is 1. The van der Waals surface area contributed by atoms with Crippen LogP contribution in [0.2, 0.25) is 0 Å². The Hall–Kier alpha value is -1.69. The van der Waals surface area contributed by atoms with Gasteiger partial charge >= 0.3 is 5.97 Å². The van der Waals surface area contributed by atoms with E-state index in [9.17, 15) is 9.59 Å². The first-order valence-electron chi connectivity index (χ1n) is 4.85. The third kappa shape index (κ3) is 1.71. The number of rotatable bonds is 3. The van der Waals surface area contributed by atoms with Gasteiger partial charge < -0.3 is 14.4 Å². The Kier molecular flexibility index (Phi) is 2.74. The highest BCUT2D eigenvalue weighted by atomic mass is 16.5. The molecule has 0 fully saturated rings. The summed E-state index contributed by atoms with van der Waals surface area (Å²) in [5.74, 6) is -1.57. The fourth-order valence-corrected chi connectivity index (χ4v) is 1.85. The summed E-state index contributed by atoms with van der Waals surface area (Å²) < 4.78 is 9.86. The maximum atomic E-state index is 11.7. The number of aromatic nitrogens is 1. The molecule has 6 heteroatoms. The molecule has 0 saturated heterocycles. The van der Waals surface area contributed by atoms with Crippen molar-refractivity contribution in [2.45, 2.75) is 19.4 Å². The summed E-state index contributed by atoms with van der Waals surface area (Å²) in [6.45, 7) is 0.197. The Bertz CT molecular complexity index is 436. The maximum absolute atomic E-state index is 11.7. The minimum Gasteiger partial charge on any atom is -0.481 e. The molecule has 86 valence electrons. The van der Waals surface area contributed by atoms with Crippen LogP contribution in [0.15, 0.2) is 4.52 Å². The number of carbonyl (C=O) groups is 2. The lowest BCUT2D eigenvalue weighted by atomic mass is 9.86. The van der Waals surface area contributed by atoms with Gasteiger partial charge in [-0.15, -0.1) is 0 Å². The molecule has 0 saturated carbocycles. The summed E-state index contributed by atoms with van der Waals surface area (Å²) in [6.07, 6.45) is 0.216. The second kappa shape index (κ2) is 4.05. The van der Waals surface area contributed by atoms with Crippen molar-refractivity contribution in [3.63, 3.8) is 0 Å². The molecule has 0 aromatic carbocycles. The molecular weight excluding hydrogens is 214 g/mol. The molecule has 1 aromatic heterocycles. The quantitative estimate of drug-likeness (QED) is 0.812. The lowest BCUT2D eigenvalue weighted by molar-refractivity contribution is -0.141. The smallest absolute Gasteiger partial charge is 0.307 e. The molecule has 2 rings (SSSR count). The molecule has 1 aliphatic rings. The van der Waals surface area contributed by atoms with E-state index < -0.39 is 11.9 Å². The summed E-state index contributed by atoms with van der Waals surface area (Å²) in [4.78, 5) is 22.5.